The van der Waals surface area contributed by atoms with E-state index < -0.39 is 5.97 Å². The molecule has 2 aromatic heterocycles. The first-order chi connectivity index (χ1) is 17.8. The first kappa shape index (κ1) is 25.2. The summed E-state index contributed by atoms with van der Waals surface area (Å²) in [5, 5.41) is 19.4. The molecule has 2 N–H and O–H groups in total. The second kappa shape index (κ2) is 10.5. The Kier molecular flexibility index (Phi) is 7.12. The molecule has 2 aliphatic rings. The van der Waals surface area contributed by atoms with Gasteiger partial charge in [-0.3, -0.25) is 0 Å². The first-order valence-corrected chi connectivity index (χ1v) is 12.6. The quantitative estimate of drug-likeness (QED) is 0.497. The summed E-state index contributed by atoms with van der Waals surface area (Å²) in [5.74, 6) is 0.470. The molecule has 11 heteroatoms. The number of aliphatic hydroxyl groups excluding tert-OH is 1. The third-order valence-corrected chi connectivity index (χ3v) is 7.25. The van der Waals surface area contributed by atoms with Gasteiger partial charge in [-0.25, -0.2) is 19.2 Å². The van der Waals surface area contributed by atoms with E-state index in [9.17, 15) is 19.4 Å². The number of hydrogen-bond donors (Lipinski definition) is 2. The normalized spacial score (nSPS) is 19.9. The number of aromatic carboxylic acids is 1. The fourth-order valence-electron chi connectivity index (χ4n) is 5.03. The summed E-state index contributed by atoms with van der Waals surface area (Å²) in [6.07, 6.45) is 3.15. The van der Waals surface area contributed by atoms with Gasteiger partial charge >= 0.3 is 5.97 Å². The highest BCUT2D eigenvalue weighted by Gasteiger charge is 2.30. The highest BCUT2D eigenvalue weighted by molar-refractivity contribution is 6.33. The van der Waals surface area contributed by atoms with Crippen LogP contribution in [0.15, 0.2) is 42.6 Å². The number of benzene rings is 1. The molecular formula is C26H28ClFN6O3. The van der Waals surface area contributed by atoms with Crippen LogP contribution in [0.2, 0.25) is 5.02 Å². The maximum absolute atomic E-state index is 13.6. The molecule has 9 nitrogen and oxygen atoms in total. The number of nitrogens with zero attached hydrogens (tertiary/aromatic N) is 6. The summed E-state index contributed by atoms with van der Waals surface area (Å²) in [5.41, 5.74) is 1.52. The number of halogens is 2. The van der Waals surface area contributed by atoms with Crippen LogP contribution in [0.4, 0.5) is 22.0 Å². The Morgan fingerprint density at radius 1 is 1.14 bits per heavy atom. The summed E-state index contributed by atoms with van der Waals surface area (Å²) in [6, 6.07) is 9.56. The standard InChI is InChI=1S/C26H28ClFN6O3/c1-16-14-32(24-21(27)11-18(13-29-24)25(36)37)9-10-33(16)23-12-22(17-4-6-19(28)7-5-17)30-26(31-23)34-8-2-3-20(34)15-35/h4-7,11-13,16,20,35H,2-3,8-10,14-15H2,1H3,(H,36,37). The molecule has 5 rings (SSSR count). The number of pyridine rings is 1. The van der Waals surface area contributed by atoms with Crippen LogP contribution in [0.1, 0.15) is 30.1 Å². The average molecular weight is 527 g/mol. The zero-order chi connectivity index (χ0) is 26.1. The van der Waals surface area contributed by atoms with Gasteiger partial charge in [0.2, 0.25) is 5.95 Å². The first-order valence-electron chi connectivity index (χ1n) is 12.3. The lowest BCUT2D eigenvalue weighted by Gasteiger charge is -2.41. The van der Waals surface area contributed by atoms with Crippen LogP contribution < -0.4 is 14.7 Å². The van der Waals surface area contributed by atoms with Crippen LogP contribution >= 0.6 is 11.6 Å². The van der Waals surface area contributed by atoms with E-state index in [4.69, 9.17) is 21.6 Å². The Bertz CT molecular complexity index is 1290. The number of hydrogen-bond acceptors (Lipinski definition) is 8. The van der Waals surface area contributed by atoms with E-state index >= 15 is 0 Å². The van der Waals surface area contributed by atoms with Crippen molar-refractivity contribution in [3.63, 3.8) is 0 Å². The van der Waals surface area contributed by atoms with Crippen molar-refractivity contribution in [3.8, 4) is 11.3 Å². The lowest BCUT2D eigenvalue weighted by Crippen LogP contribution is -2.53. The molecule has 0 saturated carbocycles. The minimum absolute atomic E-state index is 0.0294. The van der Waals surface area contributed by atoms with Gasteiger partial charge in [0.1, 0.15) is 17.5 Å². The number of rotatable bonds is 6. The van der Waals surface area contributed by atoms with Crippen molar-refractivity contribution in [2.75, 3.05) is 47.5 Å². The van der Waals surface area contributed by atoms with Gasteiger partial charge in [0.15, 0.2) is 0 Å². The van der Waals surface area contributed by atoms with Crippen molar-refractivity contribution < 1.29 is 19.4 Å². The highest BCUT2D eigenvalue weighted by atomic mass is 35.5. The van der Waals surface area contributed by atoms with Crippen LogP contribution in [0.25, 0.3) is 11.3 Å². The van der Waals surface area contributed by atoms with Crippen LogP contribution in [0.5, 0.6) is 0 Å². The van der Waals surface area contributed by atoms with Gasteiger partial charge in [0.05, 0.1) is 28.9 Å². The molecule has 1 aromatic carbocycles. The highest BCUT2D eigenvalue weighted by Crippen LogP contribution is 2.32. The van der Waals surface area contributed by atoms with Gasteiger partial charge in [-0.1, -0.05) is 11.6 Å². The molecule has 37 heavy (non-hydrogen) atoms. The molecule has 2 atom stereocenters. The SMILES string of the molecule is CC1CN(c2ncc(C(=O)O)cc2Cl)CCN1c1cc(-c2ccc(F)cc2)nc(N2CCCC2CO)n1. The van der Waals surface area contributed by atoms with E-state index in [1.165, 1.54) is 24.4 Å². The fraction of sp³-hybridized carbons (Fsp3) is 0.385. The Morgan fingerprint density at radius 2 is 1.92 bits per heavy atom. The molecule has 3 aromatic rings. The molecule has 2 saturated heterocycles. The molecule has 4 heterocycles. The van der Waals surface area contributed by atoms with Crippen LogP contribution in [0.3, 0.4) is 0 Å². The maximum Gasteiger partial charge on any atom is 0.337 e. The van der Waals surface area contributed by atoms with E-state index in [1.807, 2.05) is 15.9 Å². The average Bonchev–Trinajstić information content (AvgIpc) is 3.38. The molecule has 2 fully saturated rings. The number of anilines is 3. The minimum Gasteiger partial charge on any atom is -0.478 e. The van der Waals surface area contributed by atoms with Crippen LogP contribution in [0, 0.1) is 5.82 Å². The van der Waals surface area contributed by atoms with Crippen molar-refractivity contribution in [1.82, 2.24) is 15.0 Å². The lowest BCUT2D eigenvalue weighted by atomic mass is 10.1. The molecular weight excluding hydrogens is 499 g/mol. The maximum atomic E-state index is 13.6. The largest absolute Gasteiger partial charge is 0.478 e. The predicted octanol–water partition coefficient (Wildman–Crippen LogP) is 3.71. The molecule has 2 unspecified atom stereocenters. The van der Waals surface area contributed by atoms with Crippen molar-refractivity contribution in [1.29, 1.82) is 0 Å². The summed E-state index contributed by atoms with van der Waals surface area (Å²) in [6.45, 7) is 4.71. The van der Waals surface area contributed by atoms with Crippen molar-refractivity contribution >= 4 is 35.2 Å². The van der Waals surface area contributed by atoms with Crippen LogP contribution in [-0.4, -0.2) is 76.0 Å². The summed E-state index contributed by atoms with van der Waals surface area (Å²) in [4.78, 5) is 31.5. The van der Waals surface area contributed by atoms with Crippen molar-refractivity contribution in [2.24, 2.45) is 0 Å². The minimum atomic E-state index is -1.07. The van der Waals surface area contributed by atoms with E-state index in [0.29, 0.717) is 42.1 Å². The van der Waals surface area contributed by atoms with E-state index in [1.54, 1.807) is 12.1 Å². The molecule has 0 radical (unpaired) electrons. The summed E-state index contributed by atoms with van der Waals surface area (Å²) >= 11 is 6.37. The van der Waals surface area contributed by atoms with Gasteiger partial charge in [-0.05, 0) is 50.1 Å². The Hall–Kier alpha value is -3.50. The van der Waals surface area contributed by atoms with E-state index in [-0.39, 0.29) is 30.1 Å². The third-order valence-electron chi connectivity index (χ3n) is 6.98. The smallest absolute Gasteiger partial charge is 0.337 e. The molecule has 2 aliphatic heterocycles. The van der Waals surface area contributed by atoms with Crippen LogP contribution in [-0.2, 0) is 0 Å². The fourth-order valence-corrected chi connectivity index (χ4v) is 5.31. The number of aromatic nitrogens is 3. The number of carboxylic acid groups (broad SMARTS) is 1. The predicted molar refractivity (Wildman–Crippen MR) is 140 cm³/mol. The second-order valence-corrected chi connectivity index (χ2v) is 9.82. The summed E-state index contributed by atoms with van der Waals surface area (Å²) in [7, 11) is 0. The molecule has 0 aliphatic carbocycles. The summed E-state index contributed by atoms with van der Waals surface area (Å²) < 4.78 is 13.6. The van der Waals surface area contributed by atoms with Gasteiger partial charge in [-0.15, -0.1) is 0 Å². The van der Waals surface area contributed by atoms with Gasteiger partial charge in [0.25, 0.3) is 0 Å². The van der Waals surface area contributed by atoms with Gasteiger partial charge < -0.3 is 24.9 Å². The Morgan fingerprint density at radius 3 is 2.59 bits per heavy atom. The third kappa shape index (κ3) is 5.17. The van der Waals surface area contributed by atoms with Crippen molar-refractivity contribution in [3.05, 3.63) is 59.0 Å². The molecule has 194 valence electrons. The monoisotopic (exact) mass is 526 g/mol. The number of carboxylic acids is 1. The van der Waals surface area contributed by atoms with Gasteiger partial charge in [0, 0.05) is 50.0 Å². The molecule has 0 amide bonds. The lowest BCUT2D eigenvalue weighted by molar-refractivity contribution is 0.0696. The van der Waals surface area contributed by atoms with Gasteiger partial charge in [-0.2, -0.15) is 4.98 Å². The Labute approximate surface area is 219 Å². The zero-order valence-corrected chi connectivity index (χ0v) is 21.1. The molecule has 0 spiro atoms. The number of piperazine rings is 1. The zero-order valence-electron chi connectivity index (χ0n) is 20.4. The number of aliphatic hydroxyl groups is 1. The second-order valence-electron chi connectivity index (χ2n) is 9.41. The topological polar surface area (TPSA) is 106 Å². The van der Waals surface area contributed by atoms with E-state index in [2.05, 4.69) is 16.8 Å². The van der Waals surface area contributed by atoms with E-state index in [0.717, 1.165) is 30.8 Å². The van der Waals surface area contributed by atoms with Crippen molar-refractivity contribution in [2.45, 2.75) is 31.8 Å². The molecule has 0 bridgehead atoms. The number of carbonyl (C=O) groups is 1. The Balaban J connectivity index is 1.45.